The fourth-order valence-electron chi connectivity index (χ4n) is 7.99. The van der Waals surface area contributed by atoms with Crippen molar-refractivity contribution in [1.29, 1.82) is 0 Å². The Hall–Kier alpha value is -10.0. The van der Waals surface area contributed by atoms with E-state index >= 15 is 0 Å². The number of hydrogen-bond donors (Lipinski definition) is 6. The van der Waals surface area contributed by atoms with E-state index in [9.17, 15) is 81.9 Å². The van der Waals surface area contributed by atoms with Crippen molar-refractivity contribution in [3.63, 3.8) is 0 Å². The number of carbonyl (C=O) groups is 2. The van der Waals surface area contributed by atoms with Gasteiger partial charge in [-0.3, -0.25) is 9.11 Å². The number of azo groups is 2. The maximum atomic E-state index is 13.3. The van der Waals surface area contributed by atoms with E-state index in [1.807, 2.05) is 0 Å². The van der Waals surface area contributed by atoms with Crippen LogP contribution in [0.1, 0.15) is 20.7 Å². The number of nitrogens with one attached hydrogen (secondary N) is 4. The summed E-state index contributed by atoms with van der Waals surface area (Å²) in [5, 5.41) is 74.3. The zero-order chi connectivity index (χ0) is 65.0. The fraction of sp³-hybridized carbons (Fsp3) is 0. The minimum Gasteiger partial charge on any atom is -0.871 e. The molecular formula is C52H30Cl2CrN14O18S4-4. The fourth-order valence-corrected chi connectivity index (χ4v) is 10.6. The van der Waals surface area contributed by atoms with E-state index in [-0.39, 0.29) is 123 Å². The summed E-state index contributed by atoms with van der Waals surface area (Å²) in [4.78, 5) is 43.9. The minimum atomic E-state index is -5.27. The van der Waals surface area contributed by atoms with E-state index in [4.69, 9.17) is 23.2 Å². The first kappa shape index (κ1) is 66.9. The summed E-state index contributed by atoms with van der Waals surface area (Å²) in [5.74, 6) is -5.57. The molecule has 10 rings (SSSR count). The van der Waals surface area contributed by atoms with Crippen LogP contribution in [-0.2, 0) is 57.8 Å². The topological polar surface area (TPSA) is 524 Å². The van der Waals surface area contributed by atoms with Gasteiger partial charge in [0.05, 0.1) is 49.4 Å². The first-order valence-corrected chi connectivity index (χ1v) is 30.8. The molecule has 0 aliphatic heterocycles. The molecule has 2 heterocycles. The van der Waals surface area contributed by atoms with E-state index in [0.717, 1.165) is 30.3 Å². The summed E-state index contributed by atoms with van der Waals surface area (Å²) >= 11 is 12.0. The van der Waals surface area contributed by atoms with Crippen molar-refractivity contribution in [2.24, 2.45) is 20.5 Å². The molecular weight excluding hydrogens is 1360 g/mol. The monoisotopic (exact) mass is 1390 g/mol. The summed E-state index contributed by atoms with van der Waals surface area (Å²) in [6.45, 7) is 0. The predicted molar refractivity (Wildman–Crippen MR) is 308 cm³/mol. The third-order valence-corrected chi connectivity index (χ3v) is 15.6. The van der Waals surface area contributed by atoms with Gasteiger partial charge in [-0.15, -0.1) is 20.5 Å². The Bertz CT molecular complexity index is 4830. The number of nitrogens with zero attached hydrogens (tertiary/aromatic N) is 10. The zero-order valence-corrected chi connectivity index (χ0v) is 50.6. The number of carboxylic acids is 2. The van der Waals surface area contributed by atoms with Crippen LogP contribution in [0.4, 0.5) is 69.3 Å². The zero-order valence-electron chi connectivity index (χ0n) is 44.6. The molecule has 6 N–H and O–H groups in total. The molecule has 0 amide bonds. The van der Waals surface area contributed by atoms with Gasteiger partial charge >= 0.3 is 17.4 Å². The van der Waals surface area contributed by atoms with Crippen LogP contribution in [0.3, 0.4) is 0 Å². The van der Waals surface area contributed by atoms with Gasteiger partial charge in [-0.05, 0) is 130 Å². The van der Waals surface area contributed by atoms with Crippen LogP contribution < -0.4 is 41.7 Å². The number of halogens is 2. The normalized spacial score (nSPS) is 11.8. The standard InChI is InChI=1S/2C26H18ClN7O9S2.Cr/c2*27-24-30-25(28-14-4-3-5-16(12-14)44(38,39)40)32-26(31-24)29-15-8-9-17-13(10-15)11-20(45(41,42)43)21(22(17)35)34-33-19-7-2-1-6-18(19)23(36)37;/h2*1-12,35H,(H,36,37)(H,38,39,40)(H,41,42,43)(H2,28,29,30,31,32);/q;;+2/p-6. The van der Waals surface area contributed by atoms with Crippen LogP contribution in [-0.4, -0.2) is 93.7 Å². The molecule has 0 aliphatic carbocycles. The Kier molecular flexibility index (Phi) is 19.9. The smallest absolute Gasteiger partial charge is 0.871 e. The molecule has 8 aromatic carbocycles. The summed E-state index contributed by atoms with van der Waals surface area (Å²) in [6.07, 6.45) is 0. The van der Waals surface area contributed by atoms with Crippen molar-refractivity contribution in [2.45, 2.75) is 19.6 Å². The van der Waals surface area contributed by atoms with Crippen molar-refractivity contribution in [3.05, 3.63) is 167 Å². The van der Waals surface area contributed by atoms with Crippen LogP contribution in [0.2, 0.25) is 10.6 Å². The quantitative estimate of drug-likeness (QED) is 0.0403. The van der Waals surface area contributed by atoms with Gasteiger partial charge in [0.2, 0.25) is 34.4 Å². The number of hydrogen-bond acceptors (Lipinski definition) is 30. The van der Waals surface area contributed by atoms with Crippen LogP contribution in [0.5, 0.6) is 11.5 Å². The number of carboxylic acid groups (broad SMARTS) is 2. The van der Waals surface area contributed by atoms with Gasteiger partial charge in [0.25, 0.3) is 20.2 Å². The number of benzene rings is 8. The van der Waals surface area contributed by atoms with Gasteiger partial charge in [-0.2, -0.15) is 46.7 Å². The number of fused-ring (bicyclic) bond motifs is 2. The molecule has 91 heavy (non-hydrogen) atoms. The van der Waals surface area contributed by atoms with Crippen LogP contribution in [0.15, 0.2) is 186 Å². The Morgan fingerprint density at radius 1 is 0.429 bits per heavy atom. The van der Waals surface area contributed by atoms with Gasteiger partial charge in [0.15, 0.2) is 0 Å². The summed E-state index contributed by atoms with van der Waals surface area (Å²) in [7, 11) is -19.5. The van der Waals surface area contributed by atoms with Crippen LogP contribution in [0.25, 0.3) is 21.5 Å². The Labute approximate surface area is 532 Å². The van der Waals surface area contributed by atoms with Crippen LogP contribution >= 0.6 is 23.2 Å². The molecule has 0 radical (unpaired) electrons. The SMILES string of the molecule is O=C([O-])c1ccccc1N=Nc1c(S(=O)(=O)O)cc2cc(Nc3nc(Cl)nc(Nc4cccc(S(=O)(=O)O)c4)n3)ccc2c1[O-].O=C([O-])c1ccccc1N=Nc1c(S(=O)(=O)[O-])cc2cc(Nc3nc(Cl)nc(Nc4cccc(S(=O)(=O)[O-])c4)n3)ccc2c1[O-].[Cr+2]. The second-order valence-corrected chi connectivity index (χ2v) is 24.1. The van der Waals surface area contributed by atoms with Crippen molar-refractivity contribution in [2.75, 3.05) is 21.3 Å². The molecule has 0 atom stereocenters. The van der Waals surface area contributed by atoms with Crippen molar-refractivity contribution < 1.29 is 99.3 Å². The molecule has 0 spiro atoms. The van der Waals surface area contributed by atoms with Gasteiger partial charge in [0, 0.05) is 33.9 Å². The maximum absolute atomic E-state index is 13.3. The van der Waals surface area contributed by atoms with Gasteiger partial charge in [-0.1, -0.05) is 72.2 Å². The van der Waals surface area contributed by atoms with Crippen molar-refractivity contribution in [3.8, 4) is 11.5 Å². The average molecular weight is 1390 g/mol. The molecule has 0 bridgehead atoms. The van der Waals surface area contributed by atoms with Crippen molar-refractivity contribution in [1.82, 2.24) is 29.9 Å². The third kappa shape index (κ3) is 16.4. The average Bonchev–Trinajstić information content (AvgIpc) is 0.879. The van der Waals surface area contributed by atoms with E-state index in [2.05, 4.69) is 71.6 Å². The largest absolute Gasteiger partial charge is 2.00 e. The molecule has 0 saturated heterocycles. The number of carbonyl (C=O) groups excluding carboxylic acids is 2. The van der Waals surface area contributed by atoms with E-state index in [1.165, 1.54) is 115 Å². The number of aromatic carboxylic acids is 2. The first-order valence-electron chi connectivity index (χ1n) is 24.4. The van der Waals surface area contributed by atoms with Crippen molar-refractivity contribution >= 4 is 166 Å². The number of aromatic nitrogens is 6. The molecule has 0 saturated carbocycles. The second kappa shape index (κ2) is 27.0. The van der Waals surface area contributed by atoms with E-state index in [0.29, 0.717) is 0 Å². The molecule has 2 aromatic heterocycles. The van der Waals surface area contributed by atoms with Gasteiger partial charge < -0.3 is 60.4 Å². The molecule has 0 aliphatic rings. The molecule has 32 nitrogen and oxygen atoms in total. The van der Waals surface area contributed by atoms with Crippen LogP contribution in [0, 0.1) is 0 Å². The first-order chi connectivity index (χ1) is 42.4. The summed E-state index contributed by atoms with van der Waals surface area (Å²) < 4.78 is 137. The number of anilines is 8. The van der Waals surface area contributed by atoms with Gasteiger partial charge in [-0.25, -0.2) is 16.8 Å². The predicted octanol–water partition coefficient (Wildman–Crippen LogP) is 6.33. The molecule has 10 aromatic rings. The number of rotatable bonds is 18. The molecule has 464 valence electrons. The third-order valence-electron chi connectivity index (χ3n) is 11.9. The summed E-state index contributed by atoms with van der Waals surface area (Å²) in [5.41, 5.74) is -1.97. The second-order valence-electron chi connectivity index (χ2n) is 17.9. The van der Waals surface area contributed by atoms with E-state index in [1.54, 1.807) is 0 Å². The van der Waals surface area contributed by atoms with E-state index < -0.39 is 90.0 Å². The molecule has 39 heteroatoms. The maximum Gasteiger partial charge on any atom is 2.00 e. The van der Waals surface area contributed by atoms with Gasteiger partial charge in [0.1, 0.15) is 25.1 Å². The Morgan fingerprint density at radius 2 is 0.802 bits per heavy atom. The molecule has 0 unspecified atom stereocenters. The Morgan fingerprint density at radius 3 is 1.19 bits per heavy atom. The minimum absolute atomic E-state index is 0. The molecule has 0 fully saturated rings. The Balaban J connectivity index is 0.000000232. The summed E-state index contributed by atoms with van der Waals surface area (Å²) in [6, 6.07) is 30.6.